The van der Waals surface area contributed by atoms with Gasteiger partial charge in [-0.3, -0.25) is 9.59 Å². The van der Waals surface area contributed by atoms with Crippen LogP contribution in [0.3, 0.4) is 0 Å². The van der Waals surface area contributed by atoms with E-state index in [0.717, 1.165) is 4.90 Å². The van der Waals surface area contributed by atoms with Gasteiger partial charge in [-0.15, -0.1) is 0 Å². The number of carbonyl (C=O) groups excluding carboxylic acids is 4. The Morgan fingerprint density at radius 3 is 2.52 bits per heavy atom. The van der Waals surface area contributed by atoms with Crippen LogP contribution in [0.2, 0.25) is 0 Å². The van der Waals surface area contributed by atoms with Gasteiger partial charge < -0.3 is 20.1 Å². The minimum atomic E-state index is -2.62. The molecule has 0 unspecified atom stereocenters. The molecule has 0 radical (unpaired) electrons. The number of rotatable bonds is 6. The van der Waals surface area contributed by atoms with Crippen LogP contribution in [-0.4, -0.2) is 65.6 Å². The fourth-order valence-corrected chi connectivity index (χ4v) is 2.67. The predicted octanol–water partition coefficient (Wildman–Crippen LogP) is 0.224. The van der Waals surface area contributed by atoms with E-state index in [9.17, 15) is 23.6 Å². The summed E-state index contributed by atoms with van der Waals surface area (Å²) in [5.74, 6) is -2.83. The lowest BCUT2D eigenvalue weighted by Crippen LogP contribution is -2.48. The van der Waals surface area contributed by atoms with E-state index in [-0.39, 0.29) is 6.54 Å². The van der Waals surface area contributed by atoms with Crippen molar-refractivity contribution in [2.75, 3.05) is 13.3 Å². The zero-order valence-electron chi connectivity index (χ0n) is 15.4. The van der Waals surface area contributed by atoms with Crippen LogP contribution >= 0.6 is 0 Å². The quantitative estimate of drug-likeness (QED) is 0.392. The van der Waals surface area contributed by atoms with Crippen LogP contribution in [0.4, 0.5) is 9.18 Å². The summed E-state index contributed by atoms with van der Waals surface area (Å²) in [5, 5.41) is 0.652. The Bertz CT molecular complexity index is 688. The van der Waals surface area contributed by atoms with Crippen molar-refractivity contribution < 1.29 is 37.9 Å². The Balaban J connectivity index is 1.92. The zero-order chi connectivity index (χ0) is 20.5. The van der Waals surface area contributed by atoms with Gasteiger partial charge in [0.1, 0.15) is 6.04 Å². The number of ether oxygens (including phenoxy) is 2. The number of fused-ring (bicyclic) bond motifs is 2. The second-order valence-corrected chi connectivity index (χ2v) is 7.23. The van der Waals surface area contributed by atoms with Gasteiger partial charge in [-0.2, -0.15) is 5.06 Å². The molecule has 2 rings (SSSR count). The number of amides is 3. The smallest absolute Gasteiger partial charge is 0.373 e. The van der Waals surface area contributed by atoms with Crippen molar-refractivity contribution in [3.8, 4) is 0 Å². The highest BCUT2D eigenvalue weighted by molar-refractivity contribution is 5.90. The molecule has 150 valence electrons. The molecule has 1 fully saturated rings. The topological polar surface area (TPSA) is 128 Å². The number of nitrogens with zero attached hydrogens (tertiary/aromatic N) is 2. The standard InChI is InChI=1S/C16H22FN3O7/c1-8-5-9-6-19(10(8)12(18)21)15(24)20(9)27-11(17)13(22)25-7-26-14(23)16(2,3)4/h5,9-11H,6-7H2,1-4H3,(H2,18,21)/t9-,10+,11+/m1/s1. The number of hydroxylamine groups is 2. The first-order valence-electron chi connectivity index (χ1n) is 8.15. The molecule has 2 aliphatic rings. The lowest BCUT2D eigenvalue weighted by Gasteiger charge is -2.27. The summed E-state index contributed by atoms with van der Waals surface area (Å²) in [7, 11) is 0. The molecule has 0 saturated carbocycles. The van der Waals surface area contributed by atoms with Crippen LogP contribution in [0.15, 0.2) is 11.6 Å². The lowest BCUT2D eigenvalue weighted by atomic mass is 9.98. The van der Waals surface area contributed by atoms with Crippen molar-refractivity contribution in [2.24, 2.45) is 11.1 Å². The van der Waals surface area contributed by atoms with E-state index in [4.69, 9.17) is 10.6 Å². The molecule has 27 heavy (non-hydrogen) atoms. The third-order valence-corrected chi connectivity index (χ3v) is 3.98. The van der Waals surface area contributed by atoms with Gasteiger partial charge in [0, 0.05) is 0 Å². The summed E-state index contributed by atoms with van der Waals surface area (Å²) < 4.78 is 23.2. The van der Waals surface area contributed by atoms with Gasteiger partial charge in [-0.25, -0.2) is 18.8 Å². The van der Waals surface area contributed by atoms with Crippen molar-refractivity contribution in [2.45, 2.75) is 46.1 Å². The van der Waals surface area contributed by atoms with E-state index in [0.29, 0.717) is 10.6 Å². The maximum absolute atomic E-state index is 14.0. The van der Waals surface area contributed by atoms with Crippen molar-refractivity contribution in [3.05, 3.63) is 11.6 Å². The minimum absolute atomic E-state index is 0.0642. The number of hydrogen-bond donors (Lipinski definition) is 1. The number of halogens is 1. The number of primary amides is 1. The fraction of sp³-hybridized carbons (Fsp3) is 0.625. The maximum Gasteiger partial charge on any atom is 0.373 e. The first kappa shape index (κ1) is 20.6. The Morgan fingerprint density at radius 2 is 1.96 bits per heavy atom. The number of esters is 2. The third-order valence-electron chi connectivity index (χ3n) is 3.98. The van der Waals surface area contributed by atoms with Crippen molar-refractivity contribution in [3.63, 3.8) is 0 Å². The van der Waals surface area contributed by atoms with Crippen molar-refractivity contribution in [1.82, 2.24) is 9.96 Å². The van der Waals surface area contributed by atoms with Gasteiger partial charge in [0.25, 0.3) is 0 Å². The summed E-state index contributed by atoms with van der Waals surface area (Å²) in [5.41, 5.74) is 4.99. The maximum atomic E-state index is 14.0. The monoisotopic (exact) mass is 387 g/mol. The number of alkyl halides is 1. The molecule has 0 aromatic rings. The van der Waals surface area contributed by atoms with E-state index in [1.54, 1.807) is 33.8 Å². The molecule has 10 nitrogen and oxygen atoms in total. The summed E-state index contributed by atoms with van der Waals surface area (Å²) in [4.78, 5) is 52.9. The summed E-state index contributed by atoms with van der Waals surface area (Å²) >= 11 is 0. The Kier molecular flexibility index (Phi) is 5.73. The second-order valence-electron chi connectivity index (χ2n) is 7.23. The van der Waals surface area contributed by atoms with E-state index in [2.05, 4.69) is 9.47 Å². The van der Waals surface area contributed by atoms with E-state index >= 15 is 0 Å². The fourth-order valence-electron chi connectivity index (χ4n) is 2.67. The summed E-state index contributed by atoms with van der Waals surface area (Å²) in [6.07, 6.45) is -1.08. The highest BCUT2D eigenvalue weighted by atomic mass is 19.1. The Hall–Kier alpha value is -2.69. The summed E-state index contributed by atoms with van der Waals surface area (Å²) in [6, 6.07) is -2.44. The molecule has 2 aliphatic heterocycles. The van der Waals surface area contributed by atoms with E-state index in [1.165, 1.54) is 0 Å². The second kappa shape index (κ2) is 7.51. The first-order valence-corrected chi connectivity index (χ1v) is 8.15. The minimum Gasteiger partial charge on any atom is -0.427 e. The third kappa shape index (κ3) is 4.35. The highest BCUT2D eigenvalue weighted by Crippen LogP contribution is 2.30. The zero-order valence-corrected chi connectivity index (χ0v) is 15.4. The molecule has 2 N–H and O–H groups in total. The molecule has 0 spiro atoms. The normalized spacial score (nSPS) is 23.0. The van der Waals surface area contributed by atoms with E-state index < -0.39 is 54.5 Å². The molecular weight excluding hydrogens is 365 g/mol. The van der Waals surface area contributed by atoms with Crippen LogP contribution in [0, 0.1) is 5.41 Å². The molecule has 2 heterocycles. The predicted molar refractivity (Wildman–Crippen MR) is 87.0 cm³/mol. The number of carbonyl (C=O) groups is 4. The molecule has 3 amide bonds. The largest absolute Gasteiger partial charge is 0.427 e. The highest BCUT2D eigenvalue weighted by Gasteiger charge is 2.48. The molecular formula is C16H22FN3O7. The van der Waals surface area contributed by atoms with Crippen LogP contribution in [0.5, 0.6) is 0 Å². The number of urea groups is 1. The Morgan fingerprint density at radius 1 is 1.33 bits per heavy atom. The molecule has 1 saturated heterocycles. The lowest BCUT2D eigenvalue weighted by molar-refractivity contribution is -0.229. The van der Waals surface area contributed by atoms with Gasteiger partial charge in [-0.05, 0) is 33.3 Å². The molecule has 0 aromatic heterocycles. The molecule has 11 heteroatoms. The Labute approximate surface area is 154 Å². The van der Waals surface area contributed by atoms with E-state index in [1.807, 2.05) is 0 Å². The summed E-state index contributed by atoms with van der Waals surface area (Å²) in [6.45, 7) is 5.67. The van der Waals surface area contributed by atoms with Crippen molar-refractivity contribution >= 4 is 23.9 Å². The van der Waals surface area contributed by atoms with Gasteiger partial charge in [0.2, 0.25) is 12.7 Å². The molecule has 2 bridgehead atoms. The van der Waals surface area contributed by atoms with Gasteiger partial charge >= 0.3 is 24.3 Å². The van der Waals surface area contributed by atoms with Gasteiger partial charge in [0.15, 0.2) is 0 Å². The number of hydrogen-bond acceptors (Lipinski definition) is 7. The van der Waals surface area contributed by atoms with Crippen LogP contribution in [0.1, 0.15) is 27.7 Å². The van der Waals surface area contributed by atoms with Gasteiger partial charge in [0.05, 0.1) is 18.0 Å². The van der Waals surface area contributed by atoms with Crippen LogP contribution in [0.25, 0.3) is 0 Å². The SMILES string of the molecule is CC1=C[C@@H]2CN(C(=O)N2O[C@H](F)C(=O)OCOC(=O)C(C)(C)C)[C@@H]1C(N)=O. The van der Waals surface area contributed by atoms with Crippen LogP contribution in [-0.2, 0) is 28.7 Å². The average molecular weight is 387 g/mol. The average Bonchev–Trinajstić information content (AvgIpc) is 2.78. The van der Waals surface area contributed by atoms with Crippen molar-refractivity contribution in [1.29, 1.82) is 0 Å². The first-order chi connectivity index (χ1) is 12.4. The molecule has 0 aromatic carbocycles. The molecule has 3 atom stereocenters. The number of nitrogens with two attached hydrogens (primary N) is 1. The van der Waals surface area contributed by atoms with Gasteiger partial charge in [-0.1, -0.05) is 6.08 Å². The molecule has 0 aliphatic carbocycles. The van der Waals surface area contributed by atoms with Crippen LogP contribution < -0.4 is 5.73 Å².